The summed E-state index contributed by atoms with van der Waals surface area (Å²) in [4.78, 5) is 26.5. The fraction of sp³-hybridized carbons (Fsp3) is 0.0435. The van der Waals surface area contributed by atoms with Crippen molar-refractivity contribution < 1.29 is 18.7 Å². The lowest BCUT2D eigenvalue weighted by atomic mass is 10.2. The number of hydrogen-bond acceptors (Lipinski definition) is 4. The number of ether oxygens (including phenoxy) is 1. The summed E-state index contributed by atoms with van der Waals surface area (Å²) in [7, 11) is 0. The Kier molecular flexibility index (Phi) is 5.88. The molecule has 0 radical (unpaired) electrons. The lowest BCUT2D eigenvalue weighted by Gasteiger charge is -2.13. The van der Waals surface area contributed by atoms with Crippen LogP contribution in [0.25, 0.3) is 6.08 Å². The van der Waals surface area contributed by atoms with E-state index in [0.717, 1.165) is 22.2 Å². The molecule has 0 aromatic heterocycles. The van der Waals surface area contributed by atoms with E-state index in [2.05, 4.69) is 0 Å². The van der Waals surface area contributed by atoms with Crippen molar-refractivity contribution in [1.82, 2.24) is 0 Å². The third kappa shape index (κ3) is 4.25. The summed E-state index contributed by atoms with van der Waals surface area (Å²) >= 11 is 6.99. The topological polar surface area (TPSA) is 46.6 Å². The van der Waals surface area contributed by atoms with E-state index in [1.165, 1.54) is 6.07 Å². The summed E-state index contributed by atoms with van der Waals surface area (Å²) in [5.41, 5.74) is 1.56. The van der Waals surface area contributed by atoms with Crippen molar-refractivity contribution in [3.8, 4) is 5.75 Å². The summed E-state index contributed by atoms with van der Waals surface area (Å²) in [6, 6.07) is 20.1. The molecule has 1 aliphatic rings. The molecule has 0 spiro atoms. The Morgan fingerprint density at radius 2 is 1.67 bits per heavy atom. The second-order valence-electron chi connectivity index (χ2n) is 6.42. The zero-order valence-electron chi connectivity index (χ0n) is 15.5. The Balaban J connectivity index is 1.47. The number of halogens is 2. The predicted octanol–water partition coefficient (Wildman–Crippen LogP) is 6.30. The second kappa shape index (κ2) is 8.73. The minimum absolute atomic E-state index is 0.114. The molecule has 2 amide bonds. The summed E-state index contributed by atoms with van der Waals surface area (Å²) in [5, 5.41) is -0.0680. The van der Waals surface area contributed by atoms with E-state index < -0.39 is 11.1 Å². The van der Waals surface area contributed by atoms with Crippen LogP contribution in [0, 0.1) is 5.82 Å². The molecule has 30 heavy (non-hydrogen) atoms. The van der Waals surface area contributed by atoms with Gasteiger partial charge in [-0.15, -0.1) is 0 Å². The molecule has 0 unspecified atom stereocenters. The van der Waals surface area contributed by atoms with E-state index >= 15 is 0 Å². The van der Waals surface area contributed by atoms with E-state index in [9.17, 15) is 14.0 Å². The van der Waals surface area contributed by atoms with Gasteiger partial charge in [-0.3, -0.25) is 9.59 Å². The molecule has 1 fully saturated rings. The van der Waals surface area contributed by atoms with E-state index in [-0.39, 0.29) is 12.4 Å². The van der Waals surface area contributed by atoms with Crippen LogP contribution in [-0.2, 0) is 11.4 Å². The van der Waals surface area contributed by atoms with Gasteiger partial charge in [-0.1, -0.05) is 54.1 Å². The normalized spacial score (nSPS) is 15.1. The molecule has 3 aromatic rings. The van der Waals surface area contributed by atoms with Gasteiger partial charge in [0.15, 0.2) is 0 Å². The number of para-hydroxylation sites is 1. The van der Waals surface area contributed by atoms with Crippen molar-refractivity contribution in [2.24, 2.45) is 0 Å². The van der Waals surface area contributed by atoms with Crippen LogP contribution in [-0.4, -0.2) is 11.1 Å². The molecule has 0 atom stereocenters. The average molecular weight is 440 g/mol. The number of carbonyl (C=O) groups excluding carboxylic acids is 2. The minimum atomic E-state index is -0.419. The summed E-state index contributed by atoms with van der Waals surface area (Å²) in [5.74, 6) is -0.166. The van der Waals surface area contributed by atoms with Crippen molar-refractivity contribution in [3.05, 3.63) is 99.7 Å². The van der Waals surface area contributed by atoms with Gasteiger partial charge in [0.2, 0.25) is 0 Å². The maximum absolute atomic E-state index is 13.7. The molecule has 0 N–H and O–H groups in total. The number of imide groups is 1. The molecular weight excluding hydrogens is 425 g/mol. The number of thioether (sulfide) groups is 1. The van der Waals surface area contributed by atoms with Crippen molar-refractivity contribution in [3.63, 3.8) is 0 Å². The highest BCUT2D eigenvalue weighted by atomic mass is 35.5. The first kappa shape index (κ1) is 20.2. The minimum Gasteiger partial charge on any atom is -0.489 e. The summed E-state index contributed by atoms with van der Waals surface area (Å²) in [6.07, 6.45) is 1.64. The maximum Gasteiger partial charge on any atom is 0.298 e. The van der Waals surface area contributed by atoms with Gasteiger partial charge < -0.3 is 4.74 Å². The van der Waals surface area contributed by atoms with Crippen molar-refractivity contribution in [2.75, 3.05) is 4.90 Å². The largest absolute Gasteiger partial charge is 0.489 e. The standard InChI is InChI=1S/C23H15ClFNO3S/c24-18-6-2-4-8-20(18)26-22(27)21(30-23(26)28)13-15-9-11-17(12-10-15)29-14-16-5-1-3-7-19(16)25/h1-13H,14H2/b21-13-. The first-order valence-electron chi connectivity index (χ1n) is 9.02. The number of hydrogen-bond donors (Lipinski definition) is 0. The number of carbonyl (C=O) groups is 2. The van der Waals surface area contributed by atoms with Gasteiger partial charge in [0.1, 0.15) is 18.2 Å². The van der Waals surface area contributed by atoms with Crippen LogP contribution in [0.1, 0.15) is 11.1 Å². The Morgan fingerprint density at radius 3 is 2.40 bits per heavy atom. The fourth-order valence-corrected chi connectivity index (χ4v) is 3.95. The Labute approximate surface area is 181 Å². The van der Waals surface area contributed by atoms with Gasteiger partial charge in [-0.2, -0.15) is 0 Å². The molecule has 7 heteroatoms. The van der Waals surface area contributed by atoms with Gasteiger partial charge in [0, 0.05) is 5.56 Å². The quantitative estimate of drug-likeness (QED) is 0.438. The molecule has 1 saturated heterocycles. The summed E-state index contributed by atoms with van der Waals surface area (Å²) < 4.78 is 19.3. The summed E-state index contributed by atoms with van der Waals surface area (Å²) in [6.45, 7) is 0.114. The molecule has 150 valence electrons. The molecule has 4 nitrogen and oxygen atoms in total. The molecule has 0 bridgehead atoms. The highest BCUT2D eigenvalue weighted by Gasteiger charge is 2.37. The van der Waals surface area contributed by atoms with Crippen LogP contribution < -0.4 is 9.64 Å². The van der Waals surface area contributed by atoms with Crippen LogP contribution in [0.2, 0.25) is 5.02 Å². The fourth-order valence-electron chi connectivity index (χ4n) is 2.90. The Bertz CT molecular complexity index is 1150. The van der Waals surface area contributed by atoms with E-state index in [0.29, 0.717) is 26.9 Å². The first-order valence-corrected chi connectivity index (χ1v) is 10.2. The lowest BCUT2D eigenvalue weighted by Crippen LogP contribution is -2.27. The molecule has 4 rings (SSSR count). The number of amides is 2. The Hall–Kier alpha value is -3.09. The van der Waals surface area contributed by atoms with Crippen molar-refractivity contribution >= 4 is 46.3 Å². The smallest absolute Gasteiger partial charge is 0.298 e. The van der Waals surface area contributed by atoms with E-state index in [4.69, 9.17) is 16.3 Å². The van der Waals surface area contributed by atoms with Gasteiger partial charge in [-0.25, -0.2) is 9.29 Å². The average Bonchev–Trinajstić information content (AvgIpc) is 3.02. The number of rotatable bonds is 5. The number of anilines is 1. The molecule has 1 heterocycles. The van der Waals surface area contributed by atoms with Gasteiger partial charge >= 0.3 is 0 Å². The SMILES string of the molecule is O=C1S/C(=C\c2ccc(OCc3ccccc3F)cc2)C(=O)N1c1ccccc1Cl. The highest BCUT2D eigenvalue weighted by molar-refractivity contribution is 8.19. The van der Waals surface area contributed by atoms with Crippen molar-refractivity contribution in [1.29, 1.82) is 0 Å². The van der Waals surface area contributed by atoms with E-state index in [1.54, 1.807) is 72.8 Å². The monoisotopic (exact) mass is 439 g/mol. The number of benzene rings is 3. The lowest BCUT2D eigenvalue weighted by molar-refractivity contribution is -0.113. The third-order valence-electron chi connectivity index (χ3n) is 4.42. The van der Waals surface area contributed by atoms with Crippen molar-refractivity contribution in [2.45, 2.75) is 6.61 Å². The molecular formula is C23H15ClFNO3S. The van der Waals surface area contributed by atoms with E-state index in [1.807, 2.05) is 0 Å². The van der Waals surface area contributed by atoms with Crippen LogP contribution in [0.5, 0.6) is 5.75 Å². The molecule has 3 aromatic carbocycles. The zero-order valence-corrected chi connectivity index (χ0v) is 17.1. The molecule has 0 aliphatic carbocycles. The van der Waals surface area contributed by atoms with Gasteiger partial charge in [0.25, 0.3) is 11.1 Å². The van der Waals surface area contributed by atoms with Crippen LogP contribution in [0.3, 0.4) is 0 Å². The Morgan fingerprint density at radius 1 is 0.967 bits per heavy atom. The van der Waals surface area contributed by atoms with Crippen LogP contribution in [0.15, 0.2) is 77.7 Å². The second-order valence-corrected chi connectivity index (χ2v) is 7.82. The van der Waals surface area contributed by atoms with Gasteiger partial charge in [-0.05, 0) is 53.7 Å². The van der Waals surface area contributed by atoms with Crippen LogP contribution in [0.4, 0.5) is 14.9 Å². The highest BCUT2D eigenvalue weighted by Crippen LogP contribution is 2.38. The molecule has 0 saturated carbocycles. The number of nitrogens with zero attached hydrogens (tertiary/aromatic N) is 1. The van der Waals surface area contributed by atoms with Crippen LogP contribution >= 0.6 is 23.4 Å². The first-order chi connectivity index (χ1) is 14.5. The zero-order chi connectivity index (χ0) is 21.1. The van der Waals surface area contributed by atoms with Gasteiger partial charge in [0.05, 0.1) is 15.6 Å². The third-order valence-corrected chi connectivity index (χ3v) is 5.61. The molecule has 1 aliphatic heterocycles. The predicted molar refractivity (Wildman–Crippen MR) is 117 cm³/mol. The maximum atomic E-state index is 13.7.